The molecular formula is C5H10N2O7S. The van der Waals surface area contributed by atoms with Gasteiger partial charge in [0.15, 0.2) is 6.10 Å². The van der Waals surface area contributed by atoms with E-state index in [0.717, 1.165) is 0 Å². The van der Waals surface area contributed by atoms with Crippen molar-refractivity contribution in [2.24, 2.45) is 11.5 Å². The van der Waals surface area contributed by atoms with Gasteiger partial charge in [0.25, 0.3) is 0 Å². The molecule has 0 spiro atoms. The van der Waals surface area contributed by atoms with E-state index in [2.05, 4.69) is 4.18 Å². The molecule has 10 heteroatoms. The Balaban J connectivity index is 4.56. The number of rotatable bonds is 6. The Hall–Kier alpha value is -1.23. The summed E-state index contributed by atoms with van der Waals surface area (Å²) in [6.07, 6.45) is -2.48. The summed E-state index contributed by atoms with van der Waals surface area (Å²) in [5, 5.41) is 8.37. The van der Waals surface area contributed by atoms with Crippen LogP contribution >= 0.6 is 0 Å². The van der Waals surface area contributed by atoms with Crippen molar-refractivity contribution in [2.75, 3.05) is 0 Å². The van der Waals surface area contributed by atoms with Gasteiger partial charge in [0.2, 0.25) is 5.91 Å². The summed E-state index contributed by atoms with van der Waals surface area (Å²) in [7, 11) is -4.89. The fraction of sp³-hybridized carbons (Fsp3) is 0.600. The summed E-state index contributed by atoms with van der Waals surface area (Å²) in [4.78, 5) is 20.9. The first-order chi connectivity index (χ1) is 6.63. The molecular weight excluding hydrogens is 232 g/mol. The zero-order valence-corrected chi connectivity index (χ0v) is 8.18. The first-order valence-corrected chi connectivity index (χ1v) is 4.93. The molecule has 88 valence electrons. The molecule has 0 rings (SSSR count). The minimum absolute atomic E-state index is 0.662. The largest absolute Gasteiger partial charge is 0.480 e. The van der Waals surface area contributed by atoms with Crippen LogP contribution in [-0.2, 0) is 24.2 Å². The Morgan fingerprint density at radius 3 is 2.13 bits per heavy atom. The van der Waals surface area contributed by atoms with Gasteiger partial charge >= 0.3 is 16.4 Å². The van der Waals surface area contributed by atoms with E-state index in [9.17, 15) is 18.0 Å². The van der Waals surface area contributed by atoms with E-state index in [1.807, 2.05) is 0 Å². The molecule has 2 atom stereocenters. The van der Waals surface area contributed by atoms with Crippen molar-refractivity contribution in [3.05, 3.63) is 0 Å². The highest BCUT2D eigenvalue weighted by molar-refractivity contribution is 7.80. The van der Waals surface area contributed by atoms with Crippen molar-refractivity contribution in [1.82, 2.24) is 0 Å². The third kappa shape index (κ3) is 5.96. The fourth-order valence-corrected chi connectivity index (χ4v) is 1.15. The van der Waals surface area contributed by atoms with Crippen LogP contribution in [0.4, 0.5) is 0 Å². The van der Waals surface area contributed by atoms with Crippen molar-refractivity contribution in [2.45, 2.75) is 18.6 Å². The topological polar surface area (TPSA) is 170 Å². The van der Waals surface area contributed by atoms with Gasteiger partial charge in [0.05, 0.1) is 0 Å². The number of amides is 1. The average Bonchev–Trinajstić information content (AvgIpc) is 1.99. The summed E-state index contributed by atoms with van der Waals surface area (Å²) in [6.45, 7) is 0. The summed E-state index contributed by atoms with van der Waals surface area (Å²) < 4.78 is 32.5. The Morgan fingerprint density at radius 1 is 1.40 bits per heavy atom. The minimum atomic E-state index is -4.89. The first kappa shape index (κ1) is 13.8. The Morgan fingerprint density at radius 2 is 1.87 bits per heavy atom. The highest BCUT2D eigenvalue weighted by Crippen LogP contribution is 2.04. The summed E-state index contributed by atoms with van der Waals surface area (Å²) in [5.74, 6) is -2.70. The molecule has 0 fully saturated rings. The Labute approximate surface area is 84.9 Å². The van der Waals surface area contributed by atoms with Crippen LogP contribution in [0.2, 0.25) is 0 Å². The van der Waals surface area contributed by atoms with E-state index in [1.165, 1.54) is 0 Å². The molecule has 0 bridgehead atoms. The number of carboxylic acid groups (broad SMARTS) is 1. The highest BCUT2D eigenvalue weighted by Gasteiger charge is 2.27. The second kappa shape index (κ2) is 5.02. The van der Waals surface area contributed by atoms with Crippen LogP contribution < -0.4 is 11.5 Å². The molecule has 0 aromatic carbocycles. The molecule has 0 saturated carbocycles. The maximum atomic E-state index is 10.6. The zero-order chi connectivity index (χ0) is 12.2. The lowest BCUT2D eigenvalue weighted by Gasteiger charge is -2.13. The van der Waals surface area contributed by atoms with E-state index < -0.39 is 40.8 Å². The van der Waals surface area contributed by atoms with Crippen LogP contribution in [0.15, 0.2) is 0 Å². The molecule has 15 heavy (non-hydrogen) atoms. The van der Waals surface area contributed by atoms with E-state index in [1.54, 1.807) is 0 Å². The van der Waals surface area contributed by atoms with Crippen molar-refractivity contribution in [1.29, 1.82) is 0 Å². The molecule has 0 saturated heterocycles. The van der Waals surface area contributed by atoms with Gasteiger partial charge < -0.3 is 16.6 Å². The fourth-order valence-electron chi connectivity index (χ4n) is 0.681. The van der Waals surface area contributed by atoms with Gasteiger partial charge in [0, 0.05) is 6.42 Å². The van der Waals surface area contributed by atoms with Crippen LogP contribution in [0.5, 0.6) is 0 Å². The predicted molar refractivity (Wildman–Crippen MR) is 45.8 cm³/mol. The third-order valence-corrected chi connectivity index (χ3v) is 1.82. The number of primary amides is 1. The third-order valence-electron chi connectivity index (χ3n) is 1.34. The van der Waals surface area contributed by atoms with Crippen LogP contribution in [-0.4, -0.2) is 42.1 Å². The van der Waals surface area contributed by atoms with Crippen LogP contribution in [0, 0.1) is 0 Å². The lowest BCUT2D eigenvalue weighted by atomic mass is 10.1. The van der Waals surface area contributed by atoms with Gasteiger partial charge in [-0.25, -0.2) is 4.18 Å². The first-order valence-electron chi connectivity index (χ1n) is 3.57. The van der Waals surface area contributed by atoms with Crippen molar-refractivity contribution < 1.29 is 31.8 Å². The van der Waals surface area contributed by atoms with E-state index in [4.69, 9.17) is 21.1 Å². The number of carbonyl (C=O) groups is 2. The number of aliphatic carboxylic acids is 1. The summed E-state index contributed by atoms with van der Waals surface area (Å²) >= 11 is 0. The lowest BCUT2D eigenvalue weighted by molar-refractivity contribution is -0.139. The van der Waals surface area contributed by atoms with Crippen LogP contribution in [0.25, 0.3) is 0 Å². The molecule has 0 aromatic rings. The van der Waals surface area contributed by atoms with Gasteiger partial charge in [-0.3, -0.25) is 14.1 Å². The number of hydrogen-bond acceptors (Lipinski definition) is 6. The van der Waals surface area contributed by atoms with Crippen molar-refractivity contribution >= 4 is 22.3 Å². The number of carbonyl (C=O) groups excluding carboxylic acids is 1. The molecule has 0 radical (unpaired) electrons. The standard InChI is InChI=1S/C5H10N2O7S/c6-2(5(9)10)1-3(4(7)8)14-15(11,12)13/h2-3H,1,6H2,(H2,7,8)(H,9,10)(H,11,12,13)/t2-,3+/m1/s1. The Kier molecular flexibility index (Phi) is 4.61. The van der Waals surface area contributed by atoms with E-state index in [0.29, 0.717) is 0 Å². The second-order valence-electron chi connectivity index (χ2n) is 2.60. The maximum Gasteiger partial charge on any atom is 0.398 e. The van der Waals surface area contributed by atoms with Crippen molar-refractivity contribution in [3.8, 4) is 0 Å². The number of nitrogens with two attached hydrogens (primary N) is 2. The molecule has 0 heterocycles. The normalized spacial score (nSPS) is 15.6. The van der Waals surface area contributed by atoms with Gasteiger partial charge in [-0.1, -0.05) is 0 Å². The number of carboxylic acids is 1. The average molecular weight is 242 g/mol. The van der Waals surface area contributed by atoms with Crippen molar-refractivity contribution in [3.63, 3.8) is 0 Å². The molecule has 0 aliphatic rings. The molecule has 9 nitrogen and oxygen atoms in total. The maximum absolute atomic E-state index is 10.6. The SMILES string of the molecule is NC(=O)[C@H](C[C@@H](N)C(=O)O)OS(=O)(=O)O. The predicted octanol–water partition coefficient (Wildman–Crippen LogP) is -2.54. The summed E-state index contributed by atoms with van der Waals surface area (Å²) in [6, 6.07) is -1.52. The van der Waals surface area contributed by atoms with Crippen LogP contribution in [0.1, 0.15) is 6.42 Å². The molecule has 0 unspecified atom stereocenters. The summed E-state index contributed by atoms with van der Waals surface area (Å²) in [5.41, 5.74) is 9.71. The second-order valence-corrected chi connectivity index (χ2v) is 3.64. The van der Waals surface area contributed by atoms with Gasteiger partial charge in [-0.15, -0.1) is 0 Å². The highest BCUT2D eigenvalue weighted by atomic mass is 32.3. The zero-order valence-electron chi connectivity index (χ0n) is 7.36. The molecule has 0 aromatic heterocycles. The monoisotopic (exact) mass is 242 g/mol. The molecule has 0 aliphatic carbocycles. The van der Waals surface area contributed by atoms with Gasteiger partial charge in [-0.05, 0) is 0 Å². The van der Waals surface area contributed by atoms with Gasteiger partial charge in [0.1, 0.15) is 6.04 Å². The Bertz CT molecular complexity index is 350. The lowest BCUT2D eigenvalue weighted by Crippen LogP contribution is -2.41. The quantitative estimate of drug-likeness (QED) is 0.369. The molecule has 6 N–H and O–H groups in total. The number of hydrogen-bond donors (Lipinski definition) is 4. The minimum Gasteiger partial charge on any atom is -0.480 e. The van der Waals surface area contributed by atoms with E-state index >= 15 is 0 Å². The van der Waals surface area contributed by atoms with E-state index in [-0.39, 0.29) is 0 Å². The smallest absolute Gasteiger partial charge is 0.398 e. The van der Waals surface area contributed by atoms with Gasteiger partial charge in [-0.2, -0.15) is 8.42 Å². The van der Waals surface area contributed by atoms with Crippen LogP contribution in [0.3, 0.4) is 0 Å². The molecule has 1 amide bonds. The molecule has 0 aliphatic heterocycles.